The van der Waals surface area contributed by atoms with Crippen LogP contribution in [0.1, 0.15) is 12.8 Å². The van der Waals surface area contributed by atoms with Crippen LogP contribution in [0.25, 0.3) is 0 Å². The molecule has 0 radical (unpaired) electrons. The predicted octanol–water partition coefficient (Wildman–Crippen LogP) is -0.273. The Hall–Kier alpha value is -1.67. The number of piperidine rings is 1. The molecule has 8 heteroatoms. The van der Waals surface area contributed by atoms with Crippen LogP contribution in [0.4, 0.5) is 0 Å². The Morgan fingerprint density at radius 2 is 1.74 bits per heavy atom. The Morgan fingerprint density at radius 3 is 2.26 bits per heavy atom. The predicted molar refractivity (Wildman–Crippen MR) is 87.0 cm³/mol. The first-order chi connectivity index (χ1) is 10.9. The number of carbonyl (C=O) groups is 2. The molecule has 2 rings (SSSR count). The summed E-state index contributed by atoms with van der Waals surface area (Å²) in [6.07, 6.45) is 3.28. The van der Waals surface area contributed by atoms with Crippen LogP contribution >= 0.6 is 0 Å². The maximum Gasteiger partial charge on any atom is 0.256 e. The minimum atomic E-state index is -3.62. The molecule has 0 aliphatic carbocycles. The maximum atomic E-state index is 12.1. The van der Waals surface area contributed by atoms with Gasteiger partial charge in [-0.05, 0) is 38.1 Å². The van der Waals surface area contributed by atoms with E-state index >= 15 is 0 Å². The Kier molecular flexibility index (Phi) is 5.59. The highest BCUT2D eigenvalue weighted by atomic mass is 32.2. The lowest BCUT2D eigenvalue weighted by molar-refractivity contribution is -0.132. The molecule has 0 unspecified atom stereocenters. The van der Waals surface area contributed by atoms with Gasteiger partial charge in [0.05, 0.1) is 5.25 Å². The second kappa shape index (κ2) is 7.27. The third-order valence-electron chi connectivity index (χ3n) is 4.36. The summed E-state index contributed by atoms with van der Waals surface area (Å²) in [5, 5.41) is -0.539. The molecule has 23 heavy (non-hydrogen) atoms. The van der Waals surface area contributed by atoms with E-state index in [1.165, 1.54) is 6.08 Å². The number of likely N-dealkylation sites (tertiary alicyclic amines) is 2. The molecule has 0 bridgehead atoms. The van der Waals surface area contributed by atoms with E-state index in [1.807, 2.05) is 4.72 Å². The Morgan fingerprint density at radius 1 is 1.13 bits per heavy atom. The van der Waals surface area contributed by atoms with E-state index in [0.29, 0.717) is 31.8 Å². The highest BCUT2D eigenvalue weighted by Gasteiger charge is 2.34. The molecule has 2 fully saturated rings. The Balaban J connectivity index is 1.74. The fourth-order valence-electron chi connectivity index (χ4n) is 3.03. The van der Waals surface area contributed by atoms with Gasteiger partial charge in [0.25, 0.3) is 5.91 Å². The lowest BCUT2D eigenvalue weighted by Crippen LogP contribution is -2.54. The molecule has 2 amide bonds. The lowest BCUT2D eigenvalue weighted by Gasteiger charge is -2.42. The first-order valence-electron chi connectivity index (χ1n) is 7.67. The van der Waals surface area contributed by atoms with Crippen molar-refractivity contribution in [2.75, 3.05) is 32.7 Å². The summed E-state index contributed by atoms with van der Waals surface area (Å²) in [7, 11) is -3.62. The van der Waals surface area contributed by atoms with Crippen molar-refractivity contribution in [3.8, 4) is 0 Å². The van der Waals surface area contributed by atoms with Crippen LogP contribution in [0.15, 0.2) is 25.3 Å². The average molecular weight is 341 g/mol. The summed E-state index contributed by atoms with van der Waals surface area (Å²) in [5.74, 6) is -0.287. The molecule has 2 heterocycles. The van der Waals surface area contributed by atoms with Gasteiger partial charge in [-0.3, -0.25) is 9.59 Å². The molecule has 0 aromatic rings. The van der Waals surface area contributed by atoms with E-state index in [-0.39, 0.29) is 5.91 Å². The SMILES string of the molecule is C=CC(=O)NS(=O)(=O)C1CCN(CC2CN(C(=O)C=C)C2)CC1. The zero-order valence-electron chi connectivity index (χ0n) is 13.1. The van der Waals surface area contributed by atoms with Crippen LogP contribution in [-0.4, -0.2) is 68.0 Å². The second-order valence-corrected chi connectivity index (χ2v) is 7.99. The number of nitrogens with zero attached hydrogens (tertiary/aromatic N) is 2. The molecule has 0 atom stereocenters. The Labute approximate surface area is 137 Å². The number of carbonyl (C=O) groups excluding carboxylic acids is 2. The fraction of sp³-hybridized carbons (Fsp3) is 0.600. The van der Waals surface area contributed by atoms with Gasteiger partial charge in [0.1, 0.15) is 0 Å². The number of hydrogen-bond acceptors (Lipinski definition) is 5. The van der Waals surface area contributed by atoms with Crippen molar-refractivity contribution in [1.29, 1.82) is 0 Å². The van der Waals surface area contributed by atoms with E-state index in [1.54, 1.807) is 4.90 Å². The minimum Gasteiger partial charge on any atom is -0.338 e. The molecule has 7 nitrogen and oxygen atoms in total. The van der Waals surface area contributed by atoms with Crippen LogP contribution in [0.5, 0.6) is 0 Å². The maximum absolute atomic E-state index is 12.1. The van der Waals surface area contributed by atoms with Gasteiger partial charge >= 0.3 is 0 Å². The zero-order chi connectivity index (χ0) is 17.0. The standard InChI is InChI=1S/C15H23N3O4S/c1-3-14(19)16-23(21,22)13-5-7-17(8-6-13)9-12-10-18(11-12)15(20)4-2/h3-4,12-13H,1-2,5-11H2,(H,16,19). The molecule has 0 spiro atoms. The Bertz CT molecular complexity index is 588. The number of sulfonamides is 1. The van der Waals surface area contributed by atoms with Gasteiger partial charge < -0.3 is 9.80 Å². The van der Waals surface area contributed by atoms with Gasteiger partial charge in [-0.1, -0.05) is 13.2 Å². The highest BCUT2D eigenvalue weighted by Crippen LogP contribution is 2.22. The molecule has 128 valence electrons. The molecule has 0 aromatic carbocycles. The summed E-state index contributed by atoms with van der Waals surface area (Å²) in [6, 6.07) is 0. The third-order valence-corrected chi connectivity index (χ3v) is 6.20. The molecular formula is C15H23N3O4S. The van der Waals surface area contributed by atoms with Crippen molar-refractivity contribution in [3.63, 3.8) is 0 Å². The molecule has 2 aliphatic rings. The second-order valence-electron chi connectivity index (χ2n) is 6.03. The lowest BCUT2D eigenvalue weighted by atomic mass is 9.98. The molecule has 2 aliphatic heterocycles. The van der Waals surface area contributed by atoms with Crippen LogP contribution in [-0.2, 0) is 19.6 Å². The number of rotatable bonds is 6. The topological polar surface area (TPSA) is 86.8 Å². The largest absolute Gasteiger partial charge is 0.338 e. The van der Waals surface area contributed by atoms with Crippen LogP contribution in [0.3, 0.4) is 0 Å². The van der Waals surface area contributed by atoms with Crippen LogP contribution in [0.2, 0.25) is 0 Å². The highest BCUT2D eigenvalue weighted by molar-refractivity contribution is 7.90. The van der Waals surface area contributed by atoms with Crippen molar-refractivity contribution in [2.45, 2.75) is 18.1 Å². The third kappa shape index (κ3) is 4.42. The first kappa shape index (κ1) is 17.7. The molecule has 2 saturated heterocycles. The molecule has 1 N–H and O–H groups in total. The summed E-state index contributed by atoms with van der Waals surface area (Å²) in [5.41, 5.74) is 0. The van der Waals surface area contributed by atoms with Gasteiger partial charge in [-0.15, -0.1) is 0 Å². The fourth-order valence-corrected chi connectivity index (χ4v) is 4.39. The van der Waals surface area contributed by atoms with Crippen molar-refractivity contribution < 1.29 is 18.0 Å². The van der Waals surface area contributed by atoms with E-state index < -0.39 is 21.2 Å². The van der Waals surface area contributed by atoms with E-state index in [0.717, 1.165) is 25.7 Å². The van der Waals surface area contributed by atoms with Gasteiger partial charge in [0.15, 0.2) is 0 Å². The zero-order valence-corrected chi connectivity index (χ0v) is 13.9. The molecule has 0 saturated carbocycles. The number of nitrogens with one attached hydrogen (secondary N) is 1. The van der Waals surface area contributed by atoms with Gasteiger partial charge in [-0.25, -0.2) is 13.1 Å². The van der Waals surface area contributed by atoms with Crippen LogP contribution < -0.4 is 4.72 Å². The smallest absolute Gasteiger partial charge is 0.256 e. The summed E-state index contributed by atoms with van der Waals surface area (Å²) < 4.78 is 26.1. The number of hydrogen-bond donors (Lipinski definition) is 1. The van der Waals surface area contributed by atoms with Crippen molar-refractivity contribution in [1.82, 2.24) is 14.5 Å². The summed E-state index contributed by atoms with van der Waals surface area (Å²) >= 11 is 0. The van der Waals surface area contributed by atoms with Crippen molar-refractivity contribution in [3.05, 3.63) is 25.3 Å². The van der Waals surface area contributed by atoms with Crippen LogP contribution in [0, 0.1) is 5.92 Å². The number of amides is 2. The molecular weight excluding hydrogens is 318 g/mol. The van der Waals surface area contributed by atoms with Crippen molar-refractivity contribution >= 4 is 21.8 Å². The van der Waals surface area contributed by atoms with Gasteiger partial charge in [-0.2, -0.15) is 0 Å². The van der Waals surface area contributed by atoms with Gasteiger partial charge in [0, 0.05) is 25.6 Å². The molecule has 0 aromatic heterocycles. The quantitative estimate of drug-likeness (QED) is 0.672. The first-order valence-corrected chi connectivity index (χ1v) is 9.22. The monoisotopic (exact) mass is 341 g/mol. The van der Waals surface area contributed by atoms with Crippen molar-refractivity contribution in [2.24, 2.45) is 5.92 Å². The van der Waals surface area contributed by atoms with E-state index in [4.69, 9.17) is 0 Å². The van der Waals surface area contributed by atoms with Gasteiger partial charge in [0.2, 0.25) is 15.9 Å². The summed E-state index contributed by atoms with van der Waals surface area (Å²) in [6.45, 7) is 10.4. The minimum absolute atomic E-state index is 0.0380. The summed E-state index contributed by atoms with van der Waals surface area (Å²) in [4.78, 5) is 26.5. The average Bonchev–Trinajstić information content (AvgIpc) is 2.49. The van der Waals surface area contributed by atoms with E-state index in [2.05, 4.69) is 18.1 Å². The van der Waals surface area contributed by atoms with E-state index in [9.17, 15) is 18.0 Å². The normalized spacial score (nSPS) is 20.6.